The summed E-state index contributed by atoms with van der Waals surface area (Å²) in [5, 5.41) is 4.09. The first-order valence-electron chi connectivity index (χ1n) is 7.47. The Bertz CT molecular complexity index is 428. The molecule has 20 heavy (non-hydrogen) atoms. The first kappa shape index (κ1) is 15.5. The predicted octanol–water partition coefficient (Wildman–Crippen LogP) is 2.85. The van der Waals surface area contributed by atoms with Crippen LogP contribution in [0, 0.1) is 0 Å². The molecule has 0 aliphatic carbocycles. The van der Waals surface area contributed by atoms with Crippen molar-refractivity contribution in [2.24, 2.45) is 0 Å². The maximum absolute atomic E-state index is 6.22. The number of rotatable bonds is 6. The average Bonchev–Trinajstić information content (AvgIpc) is 2.49. The molecule has 5 heteroatoms. The molecule has 1 N–H and O–H groups in total. The van der Waals surface area contributed by atoms with E-state index in [1.54, 1.807) is 0 Å². The molecule has 1 aromatic rings. The van der Waals surface area contributed by atoms with E-state index in [0.717, 1.165) is 62.2 Å². The minimum Gasteiger partial charge on any atom is -0.375 e. The van der Waals surface area contributed by atoms with Crippen molar-refractivity contribution < 1.29 is 4.74 Å². The van der Waals surface area contributed by atoms with Crippen LogP contribution in [0.1, 0.15) is 32.4 Å². The van der Waals surface area contributed by atoms with Gasteiger partial charge in [-0.15, -0.1) is 0 Å². The van der Waals surface area contributed by atoms with Gasteiger partial charge in [0.2, 0.25) is 0 Å². The molecule has 4 nitrogen and oxygen atoms in total. The number of morpholine rings is 1. The monoisotopic (exact) mass is 297 g/mol. The summed E-state index contributed by atoms with van der Waals surface area (Å²) < 4.78 is 5.70. The Hall–Kier alpha value is -0.840. The zero-order chi connectivity index (χ0) is 14.4. The van der Waals surface area contributed by atoms with Crippen LogP contribution < -0.4 is 10.2 Å². The third kappa shape index (κ3) is 4.08. The van der Waals surface area contributed by atoms with E-state index in [2.05, 4.69) is 24.1 Å². The van der Waals surface area contributed by atoms with Crippen molar-refractivity contribution in [2.75, 3.05) is 31.1 Å². The number of pyridine rings is 1. The smallest absolute Gasteiger partial charge is 0.129 e. The highest BCUT2D eigenvalue weighted by atomic mass is 35.5. The molecule has 0 saturated carbocycles. The van der Waals surface area contributed by atoms with Gasteiger partial charge in [0.15, 0.2) is 0 Å². The second kappa shape index (κ2) is 7.81. The van der Waals surface area contributed by atoms with E-state index < -0.39 is 0 Å². The van der Waals surface area contributed by atoms with Crippen molar-refractivity contribution in [3.63, 3.8) is 0 Å². The molecule has 0 radical (unpaired) electrons. The second-order valence-corrected chi connectivity index (χ2v) is 5.53. The Morgan fingerprint density at radius 3 is 3.05 bits per heavy atom. The van der Waals surface area contributed by atoms with Gasteiger partial charge in [-0.25, -0.2) is 4.98 Å². The average molecular weight is 298 g/mol. The normalized spacial score (nSPS) is 19.4. The predicted molar refractivity (Wildman–Crippen MR) is 83.5 cm³/mol. The molecule has 0 amide bonds. The van der Waals surface area contributed by atoms with Gasteiger partial charge in [-0.1, -0.05) is 25.4 Å². The van der Waals surface area contributed by atoms with Crippen molar-refractivity contribution in [1.29, 1.82) is 0 Å². The van der Waals surface area contributed by atoms with Crippen LogP contribution in [0.5, 0.6) is 0 Å². The SMILES string of the molecule is CCCNCc1nc(N2CCOC(CC)C2)ccc1Cl. The molecule has 1 aliphatic rings. The van der Waals surface area contributed by atoms with Gasteiger partial charge in [-0.3, -0.25) is 0 Å². The van der Waals surface area contributed by atoms with E-state index in [0.29, 0.717) is 6.10 Å². The molecular formula is C15H24ClN3O. The third-order valence-electron chi connectivity index (χ3n) is 3.54. The van der Waals surface area contributed by atoms with Crippen LogP contribution >= 0.6 is 11.6 Å². The summed E-state index contributed by atoms with van der Waals surface area (Å²) in [6, 6.07) is 3.95. The first-order chi connectivity index (χ1) is 9.74. The fraction of sp³-hybridized carbons (Fsp3) is 0.667. The molecule has 1 aromatic heterocycles. The summed E-state index contributed by atoms with van der Waals surface area (Å²) in [5.41, 5.74) is 0.928. The summed E-state index contributed by atoms with van der Waals surface area (Å²) >= 11 is 6.22. The lowest BCUT2D eigenvalue weighted by atomic mass is 10.2. The van der Waals surface area contributed by atoms with Crippen molar-refractivity contribution >= 4 is 17.4 Å². The molecule has 112 valence electrons. The quantitative estimate of drug-likeness (QED) is 0.819. The number of nitrogens with zero attached hydrogens (tertiary/aromatic N) is 2. The molecule has 2 rings (SSSR count). The van der Waals surface area contributed by atoms with Gasteiger partial charge in [-0.05, 0) is 31.5 Å². The Balaban J connectivity index is 2.05. The van der Waals surface area contributed by atoms with E-state index in [-0.39, 0.29) is 0 Å². The second-order valence-electron chi connectivity index (χ2n) is 5.12. The molecule has 0 bridgehead atoms. The lowest BCUT2D eigenvalue weighted by molar-refractivity contribution is 0.0381. The molecule has 2 heterocycles. The Morgan fingerprint density at radius 1 is 1.45 bits per heavy atom. The summed E-state index contributed by atoms with van der Waals surface area (Å²) in [7, 11) is 0. The van der Waals surface area contributed by atoms with Crippen molar-refractivity contribution in [1.82, 2.24) is 10.3 Å². The standard InChI is InChI=1S/C15H24ClN3O/c1-3-7-17-10-14-13(16)5-6-15(18-14)19-8-9-20-12(4-2)11-19/h5-6,12,17H,3-4,7-11H2,1-2H3. The first-order valence-corrected chi connectivity index (χ1v) is 7.85. The number of halogens is 1. The van der Waals surface area contributed by atoms with E-state index in [9.17, 15) is 0 Å². The highest BCUT2D eigenvalue weighted by Crippen LogP contribution is 2.21. The van der Waals surface area contributed by atoms with Crippen LogP contribution in [-0.4, -0.2) is 37.3 Å². The Labute approximate surface area is 126 Å². The van der Waals surface area contributed by atoms with Gasteiger partial charge in [0.25, 0.3) is 0 Å². The zero-order valence-electron chi connectivity index (χ0n) is 12.4. The fourth-order valence-electron chi connectivity index (χ4n) is 2.33. The molecule has 0 spiro atoms. The van der Waals surface area contributed by atoms with Gasteiger partial charge in [0.1, 0.15) is 5.82 Å². The van der Waals surface area contributed by atoms with Crippen LogP contribution in [0.4, 0.5) is 5.82 Å². The van der Waals surface area contributed by atoms with Crippen molar-refractivity contribution in [3.8, 4) is 0 Å². The molecule has 1 saturated heterocycles. The molecule has 1 unspecified atom stereocenters. The largest absolute Gasteiger partial charge is 0.375 e. The number of ether oxygens (including phenoxy) is 1. The summed E-state index contributed by atoms with van der Waals surface area (Å²) in [6.45, 7) is 8.59. The van der Waals surface area contributed by atoms with E-state index in [4.69, 9.17) is 21.3 Å². The molecule has 1 aliphatic heterocycles. The van der Waals surface area contributed by atoms with E-state index in [1.165, 1.54) is 0 Å². The topological polar surface area (TPSA) is 37.4 Å². The summed E-state index contributed by atoms with van der Waals surface area (Å²) in [6.07, 6.45) is 2.46. The lowest BCUT2D eigenvalue weighted by Crippen LogP contribution is -2.42. The van der Waals surface area contributed by atoms with Crippen LogP contribution in [0.2, 0.25) is 5.02 Å². The molecule has 1 atom stereocenters. The third-order valence-corrected chi connectivity index (χ3v) is 3.89. The van der Waals surface area contributed by atoms with Gasteiger partial charge in [0, 0.05) is 19.6 Å². The van der Waals surface area contributed by atoms with Gasteiger partial charge >= 0.3 is 0 Å². The van der Waals surface area contributed by atoms with Crippen LogP contribution in [-0.2, 0) is 11.3 Å². The maximum Gasteiger partial charge on any atom is 0.129 e. The summed E-state index contributed by atoms with van der Waals surface area (Å²) in [4.78, 5) is 7.00. The highest BCUT2D eigenvalue weighted by molar-refractivity contribution is 6.31. The van der Waals surface area contributed by atoms with Crippen molar-refractivity contribution in [3.05, 3.63) is 22.8 Å². The highest BCUT2D eigenvalue weighted by Gasteiger charge is 2.20. The van der Waals surface area contributed by atoms with Gasteiger partial charge in [0.05, 0.1) is 23.4 Å². The van der Waals surface area contributed by atoms with Crippen molar-refractivity contribution in [2.45, 2.75) is 39.3 Å². The van der Waals surface area contributed by atoms with Gasteiger partial charge in [-0.2, -0.15) is 0 Å². The molecule has 1 fully saturated rings. The number of aromatic nitrogens is 1. The number of anilines is 1. The minimum absolute atomic E-state index is 0.308. The van der Waals surface area contributed by atoms with Crippen LogP contribution in [0.25, 0.3) is 0 Å². The fourth-order valence-corrected chi connectivity index (χ4v) is 2.50. The molecule has 0 aromatic carbocycles. The van der Waals surface area contributed by atoms with E-state index >= 15 is 0 Å². The number of nitrogens with one attached hydrogen (secondary N) is 1. The van der Waals surface area contributed by atoms with Crippen LogP contribution in [0.3, 0.4) is 0 Å². The number of hydrogen-bond donors (Lipinski definition) is 1. The Morgan fingerprint density at radius 2 is 2.30 bits per heavy atom. The zero-order valence-corrected chi connectivity index (χ0v) is 13.1. The lowest BCUT2D eigenvalue weighted by Gasteiger charge is -2.33. The van der Waals surface area contributed by atoms with E-state index in [1.807, 2.05) is 12.1 Å². The molecular weight excluding hydrogens is 274 g/mol. The number of hydrogen-bond acceptors (Lipinski definition) is 4. The maximum atomic E-state index is 6.22. The summed E-state index contributed by atoms with van der Waals surface area (Å²) in [5.74, 6) is 1.00. The minimum atomic E-state index is 0.308. The van der Waals surface area contributed by atoms with Gasteiger partial charge < -0.3 is 15.0 Å². The van der Waals surface area contributed by atoms with Crippen LogP contribution in [0.15, 0.2) is 12.1 Å². The Kier molecular flexibility index (Phi) is 6.07.